The number of pyridine rings is 1. The summed E-state index contributed by atoms with van der Waals surface area (Å²) >= 11 is 6.17. The van der Waals surface area contributed by atoms with E-state index in [0.29, 0.717) is 32.8 Å². The number of rotatable bonds is 3. The van der Waals surface area contributed by atoms with E-state index in [1.807, 2.05) is 0 Å². The van der Waals surface area contributed by atoms with Crippen LogP contribution in [0, 0.1) is 11.6 Å². The fourth-order valence-corrected chi connectivity index (χ4v) is 2.61. The number of nitrogens with zero attached hydrogens (tertiary/aromatic N) is 1. The molecule has 1 heterocycles. The van der Waals surface area contributed by atoms with Crippen LogP contribution in [0.5, 0.6) is 0 Å². The molecule has 5 heteroatoms. The van der Waals surface area contributed by atoms with E-state index in [2.05, 4.69) is 11.6 Å². The van der Waals surface area contributed by atoms with Crippen LogP contribution < -0.4 is 0 Å². The number of aromatic nitrogens is 1. The first-order valence-corrected chi connectivity index (χ1v) is 7.16. The molecule has 2 nitrogen and oxygen atoms in total. The zero-order chi connectivity index (χ0) is 16.6. The first kappa shape index (κ1) is 15.4. The topological polar surface area (TPSA) is 22.1 Å². The summed E-state index contributed by atoms with van der Waals surface area (Å²) in [6, 6.07) is 8.58. The molecule has 0 saturated carbocycles. The smallest absolute Gasteiger partial charge is 0.132 e. The minimum atomic E-state index is -0.557. The number of methoxy groups -OCH3 is 1. The summed E-state index contributed by atoms with van der Waals surface area (Å²) in [4.78, 5) is 4.20. The van der Waals surface area contributed by atoms with Gasteiger partial charge in [-0.25, -0.2) is 8.78 Å². The maximum absolute atomic E-state index is 14.1. The van der Waals surface area contributed by atoms with Crippen LogP contribution in [0.15, 0.2) is 49.2 Å². The van der Waals surface area contributed by atoms with E-state index in [0.717, 1.165) is 18.2 Å². The van der Waals surface area contributed by atoms with E-state index in [-0.39, 0.29) is 5.56 Å². The van der Waals surface area contributed by atoms with Crippen molar-refractivity contribution in [2.75, 3.05) is 7.11 Å². The summed E-state index contributed by atoms with van der Waals surface area (Å²) in [7, 11) is 1.51. The summed E-state index contributed by atoms with van der Waals surface area (Å²) in [6.07, 6.45) is 1.42. The number of fused-ring (bicyclic) bond motifs is 1. The minimum Gasteiger partial charge on any atom is -0.497 e. The van der Waals surface area contributed by atoms with Crippen molar-refractivity contribution in [1.82, 2.24) is 4.98 Å². The van der Waals surface area contributed by atoms with Crippen molar-refractivity contribution in [2.24, 2.45) is 0 Å². The average Bonchev–Trinajstić information content (AvgIpc) is 2.56. The van der Waals surface area contributed by atoms with Gasteiger partial charge in [0.2, 0.25) is 0 Å². The average molecular weight is 332 g/mol. The molecule has 3 rings (SSSR count). The molecule has 0 N–H and O–H groups in total. The van der Waals surface area contributed by atoms with Gasteiger partial charge in [0.1, 0.15) is 17.4 Å². The van der Waals surface area contributed by atoms with Gasteiger partial charge in [-0.15, -0.1) is 0 Å². The third-order valence-corrected chi connectivity index (χ3v) is 3.89. The normalized spacial score (nSPS) is 10.8. The lowest BCUT2D eigenvalue weighted by atomic mass is 10.0. The largest absolute Gasteiger partial charge is 0.497 e. The Morgan fingerprint density at radius 2 is 1.91 bits per heavy atom. The quantitative estimate of drug-likeness (QED) is 0.595. The van der Waals surface area contributed by atoms with Crippen molar-refractivity contribution >= 4 is 28.1 Å². The fraction of sp³-hybridized carbons (Fsp3) is 0.0556. The van der Waals surface area contributed by atoms with E-state index >= 15 is 0 Å². The Hall–Kier alpha value is -2.46. The van der Waals surface area contributed by atoms with Crippen molar-refractivity contribution in [3.8, 4) is 11.3 Å². The number of halogens is 3. The van der Waals surface area contributed by atoms with E-state index in [4.69, 9.17) is 16.3 Å². The van der Waals surface area contributed by atoms with Crippen LogP contribution in [0.2, 0.25) is 5.02 Å². The van der Waals surface area contributed by atoms with Gasteiger partial charge in [-0.2, -0.15) is 0 Å². The van der Waals surface area contributed by atoms with Gasteiger partial charge in [0.05, 0.1) is 17.8 Å². The van der Waals surface area contributed by atoms with Crippen LogP contribution in [0.3, 0.4) is 0 Å². The highest BCUT2D eigenvalue weighted by atomic mass is 35.5. The molecule has 0 spiro atoms. The zero-order valence-corrected chi connectivity index (χ0v) is 13.0. The minimum absolute atomic E-state index is 0.0758. The van der Waals surface area contributed by atoms with Crippen LogP contribution in [-0.2, 0) is 4.74 Å². The highest BCUT2D eigenvalue weighted by Crippen LogP contribution is 2.34. The van der Waals surface area contributed by atoms with Crippen molar-refractivity contribution in [3.63, 3.8) is 0 Å². The number of ether oxygens (including phenoxy) is 1. The third kappa shape index (κ3) is 2.78. The molecule has 23 heavy (non-hydrogen) atoms. The molecular formula is C18H12ClF2NO. The van der Waals surface area contributed by atoms with Crippen LogP contribution in [0.4, 0.5) is 8.78 Å². The first-order chi connectivity index (χ1) is 11.0. The Bertz CT molecular complexity index is 924. The second kappa shape index (κ2) is 5.97. The van der Waals surface area contributed by atoms with E-state index in [9.17, 15) is 8.78 Å². The second-order valence-corrected chi connectivity index (χ2v) is 5.37. The van der Waals surface area contributed by atoms with Gasteiger partial charge in [0, 0.05) is 28.1 Å². The third-order valence-electron chi connectivity index (χ3n) is 3.59. The molecule has 1 aromatic heterocycles. The number of benzene rings is 2. The lowest BCUT2D eigenvalue weighted by molar-refractivity contribution is 0.371. The summed E-state index contributed by atoms with van der Waals surface area (Å²) in [5.74, 6) is -0.639. The molecule has 0 aliphatic rings. The predicted molar refractivity (Wildman–Crippen MR) is 88.1 cm³/mol. The number of hydrogen-bond acceptors (Lipinski definition) is 2. The second-order valence-electron chi connectivity index (χ2n) is 4.97. The molecule has 116 valence electrons. The molecule has 0 bridgehead atoms. The predicted octanol–water partition coefficient (Wildman–Crippen LogP) is 5.45. The molecule has 0 radical (unpaired) electrons. The van der Waals surface area contributed by atoms with Gasteiger partial charge in [-0.3, -0.25) is 4.98 Å². The summed E-state index contributed by atoms with van der Waals surface area (Å²) in [5.41, 5.74) is 1.10. The molecule has 0 aliphatic heterocycles. The Morgan fingerprint density at radius 1 is 1.13 bits per heavy atom. The van der Waals surface area contributed by atoms with Crippen molar-refractivity contribution in [2.45, 2.75) is 0 Å². The summed E-state index contributed by atoms with van der Waals surface area (Å²) < 4.78 is 32.8. The van der Waals surface area contributed by atoms with Crippen LogP contribution in [-0.4, -0.2) is 12.1 Å². The van der Waals surface area contributed by atoms with Crippen LogP contribution in [0.25, 0.3) is 27.8 Å². The lowest BCUT2D eigenvalue weighted by Crippen LogP contribution is -1.93. The summed E-state index contributed by atoms with van der Waals surface area (Å²) in [6.45, 7) is 3.80. The van der Waals surface area contributed by atoms with Gasteiger partial charge in [0.25, 0.3) is 0 Å². The van der Waals surface area contributed by atoms with E-state index in [1.54, 1.807) is 18.2 Å². The summed E-state index contributed by atoms with van der Waals surface area (Å²) in [5, 5.41) is 1.71. The fourth-order valence-electron chi connectivity index (χ4n) is 2.39. The molecule has 0 amide bonds. The van der Waals surface area contributed by atoms with E-state index in [1.165, 1.54) is 13.3 Å². The Morgan fingerprint density at radius 3 is 2.65 bits per heavy atom. The molecule has 0 fully saturated rings. The molecular weight excluding hydrogens is 320 g/mol. The van der Waals surface area contributed by atoms with Crippen molar-refractivity contribution in [1.29, 1.82) is 0 Å². The van der Waals surface area contributed by atoms with Crippen molar-refractivity contribution < 1.29 is 13.5 Å². The standard InChI is InChI=1S/C18H12ClF2NO/c1-10(23-2)11-3-5-13-14(7-11)18(22-9-16(13)19)15-8-12(20)4-6-17(15)21/h3-9H,1H2,2H3. The highest BCUT2D eigenvalue weighted by Gasteiger charge is 2.14. The monoisotopic (exact) mass is 331 g/mol. The molecule has 0 aliphatic carbocycles. The Kier molecular flexibility index (Phi) is 4.01. The van der Waals surface area contributed by atoms with Crippen molar-refractivity contribution in [3.05, 3.63) is 71.4 Å². The zero-order valence-electron chi connectivity index (χ0n) is 12.2. The molecule has 0 unspecified atom stereocenters. The molecule has 2 aromatic carbocycles. The molecule has 0 saturated heterocycles. The first-order valence-electron chi connectivity index (χ1n) is 6.78. The van der Waals surface area contributed by atoms with Gasteiger partial charge >= 0.3 is 0 Å². The Labute approximate surface area is 137 Å². The van der Waals surface area contributed by atoms with Gasteiger partial charge in [-0.1, -0.05) is 30.3 Å². The van der Waals surface area contributed by atoms with Gasteiger partial charge in [-0.05, 0) is 24.3 Å². The van der Waals surface area contributed by atoms with E-state index < -0.39 is 11.6 Å². The molecule has 3 aromatic rings. The SMILES string of the molecule is C=C(OC)c1ccc2c(Cl)cnc(-c3cc(F)ccc3F)c2c1. The lowest BCUT2D eigenvalue weighted by Gasteiger charge is -2.11. The van der Waals surface area contributed by atoms with Gasteiger partial charge < -0.3 is 4.74 Å². The maximum Gasteiger partial charge on any atom is 0.132 e. The van der Waals surface area contributed by atoms with Gasteiger partial charge in [0.15, 0.2) is 0 Å². The van der Waals surface area contributed by atoms with Crippen LogP contribution >= 0.6 is 11.6 Å². The Balaban J connectivity index is 2.34. The highest BCUT2D eigenvalue weighted by molar-refractivity contribution is 6.35. The van der Waals surface area contributed by atoms with Crippen LogP contribution in [0.1, 0.15) is 5.56 Å². The molecule has 0 atom stereocenters. The maximum atomic E-state index is 14.1. The number of hydrogen-bond donors (Lipinski definition) is 0.